The van der Waals surface area contributed by atoms with E-state index >= 15 is 0 Å². The zero-order valence-corrected chi connectivity index (χ0v) is 10.6. The summed E-state index contributed by atoms with van der Waals surface area (Å²) in [7, 11) is 0. The van der Waals surface area contributed by atoms with E-state index in [1.54, 1.807) is 0 Å². The number of carbonyl (C=O) groups is 2. The Labute approximate surface area is 110 Å². The van der Waals surface area contributed by atoms with E-state index in [1.165, 1.54) is 18.2 Å². The lowest BCUT2D eigenvalue weighted by Gasteiger charge is -2.13. The van der Waals surface area contributed by atoms with E-state index in [0.717, 1.165) is 0 Å². The topological polar surface area (TPSA) is 107 Å². The van der Waals surface area contributed by atoms with Gasteiger partial charge in [-0.05, 0) is 18.6 Å². The zero-order valence-electron chi connectivity index (χ0n) is 10.6. The number of aliphatic carboxylic acids is 1. The van der Waals surface area contributed by atoms with Gasteiger partial charge in [0.2, 0.25) is 0 Å². The van der Waals surface area contributed by atoms with Gasteiger partial charge in [-0.15, -0.1) is 0 Å². The first-order valence-corrected chi connectivity index (χ1v) is 5.99. The molecule has 1 unspecified atom stereocenters. The van der Waals surface area contributed by atoms with Crippen LogP contribution in [0.15, 0.2) is 18.2 Å². The Hall–Kier alpha value is -2.24. The van der Waals surface area contributed by atoms with Gasteiger partial charge in [0.05, 0.1) is 11.5 Å². The zero-order chi connectivity index (χ0) is 14.4. The fourth-order valence-corrected chi connectivity index (χ4v) is 1.69. The number of nitrogens with one attached hydrogen (secondary N) is 1. The summed E-state index contributed by atoms with van der Waals surface area (Å²) < 4.78 is 0. The monoisotopic (exact) mass is 267 g/mol. The van der Waals surface area contributed by atoms with Crippen molar-refractivity contribution in [1.82, 2.24) is 5.32 Å². The SMILES string of the molecule is CCCC(CNC(=O)c1cccc(O)c1O)C(=O)O. The van der Waals surface area contributed by atoms with Crippen molar-refractivity contribution in [2.24, 2.45) is 5.92 Å². The molecule has 0 saturated heterocycles. The number of aromatic hydroxyl groups is 2. The number of phenols is 2. The quantitative estimate of drug-likeness (QED) is 0.582. The largest absolute Gasteiger partial charge is 0.504 e. The lowest BCUT2D eigenvalue weighted by molar-refractivity contribution is -0.141. The van der Waals surface area contributed by atoms with E-state index in [-0.39, 0.29) is 12.1 Å². The van der Waals surface area contributed by atoms with Gasteiger partial charge in [-0.2, -0.15) is 0 Å². The van der Waals surface area contributed by atoms with Crippen LogP contribution in [0.1, 0.15) is 30.1 Å². The molecule has 0 spiro atoms. The third kappa shape index (κ3) is 3.87. The summed E-state index contributed by atoms with van der Waals surface area (Å²) in [6, 6.07) is 4.02. The van der Waals surface area contributed by atoms with Gasteiger partial charge in [0.1, 0.15) is 0 Å². The van der Waals surface area contributed by atoms with Crippen molar-refractivity contribution in [2.45, 2.75) is 19.8 Å². The minimum Gasteiger partial charge on any atom is -0.504 e. The summed E-state index contributed by atoms with van der Waals surface area (Å²) in [5.41, 5.74) is -0.0827. The van der Waals surface area contributed by atoms with Crippen LogP contribution in [0.3, 0.4) is 0 Å². The van der Waals surface area contributed by atoms with Crippen LogP contribution in [0.5, 0.6) is 11.5 Å². The molecule has 4 N–H and O–H groups in total. The number of hydrogen-bond donors (Lipinski definition) is 4. The summed E-state index contributed by atoms with van der Waals surface area (Å²) in [5, 5.41) is 30.2. The molecule has 0 bridgehead atoms. The molecule has 0 aliphatic carbocycles. The van der Waals surface area contributed by atoms with Crippen molar-refractivity contribution in [2.75, 3.05) is 6.54 Å². The number of rotatable bonds is 6. The molecule has 1 aromatic rings. The predicted octanol–water partition coefficient (Wildman–Crippen LogP) is 1.33. The molecule has 6 nitrogen and oxygen atoms in total. The van der Waals surface area contributed by atoms with Gasteiger partial charge in [0.25, 0.3) is 5.91 Å². The van der Waals surface area contributed by atoms with E-state index in [2.05, 4.69) is 5.32 Å². The first kappa shape index (κ1) is 14.8. The second kappa shape index (κ2) is 6.63. The number of benzene rings is 1. The molecule has 0 fully saturated rings. The first-order valence-electron chi connectivity index (χ1n) is 5.99. The molecule has 0 aromatic heterocycles. The average molecular weight is 267 g/mol. The average Bonchev–Trinajstić information content (AvgIpc) is 2.37. The molecule has 19 heavy (non-hydrogen) atoms. The standard InChI is InChI=1S/C13H17NO5/c1-2-4-8(13(18)19)7-14-12(17)9-5-3-6-10(15)11(9)16/h3,5-6,8,15-16H,2,4,7H2,1H3,(H,14,17)(H,18,19). The number of hydrogen-bond acceptors (Lipinski definition) is 4. The van der Waals surface area contributed by atoms with Crippen molar-refractivity contribution in [1.29, 1.82) is 0 Å². The maximum atomic E-state index is 11.8. The number of para-hydroxylation sites is 1. The normalized spacial score (nSPS) is 11.8. The minimum atomic E-state index is -0.970. The number of amides is 1. The summed E-state index contributed by atoms with van der Waals surface area (Å²) in [5.74, 6) is -3.15. The third-order valence-corrected chi connectivity index (χ3v) is 2.75. The minimum absolute atomic E-state index is 0.0168. The Morgan fingerprint density at radius 3 is 2.58 bits per heavy atom. The Bertz CT molecular complexity index is 472. The highest BCUT2D eigenvalue weighted by molar-refractivity contribution is 5.97. The molecule has 0 aliphatic rings. The highest BCUT2D eigenvalue weighted by Gasteiger charge is 2.19. The van der Waals surface area contributed by atoms with Crippen molar-refractivity contribution < 1.29 is 24.9 Å². The van der Waals surface area contributed by atoms with Crippen molar-refractivity contribution in [3.8, 4) is 11.5 Å². The number of phenolic OH excluding ortho intramolecular Hbond substituents is 2. The maximum absolute atomic E-state index is 11.8. The number of carboxylic acid groups (broad SMARTS) is 1. The fourth-order valence-electron chi connectivity index (χ4n) is 1.69. The maximum Gasteiger partial charge on any atom is 0.308 e. The lowest BCUT2D eigenvalue weighted by atomic mass is 10.0. The number of carbonyl (C=O) groups excluding carboxylic acids is 1. The van der Waals surface area contributed by atoms with E-state index in [1.807, 2.05) is 6.92 Å². The molecule has 1 atom stereocenters. The molecule has 104 valence electrons. The second-order valence-electron chi connectivity index (χ2n) is 4.21. The smallest absolute Gasteiger partial charge is 0.308 e. The molecule has 1 aromatic carbocycles. The van der Waals surface area contributed by atoms with Gasteiger partial charge in [0, 0.05) is 6.54 Å². The van der Waals surface area contributed by atoms with Crippen LogP contribution in [0.25, 0.3) is 0 Å². The molecule has 0 radical (unpaired) electrons. The van der Waals surface area contributed by atoms with Gasteiger partial charge < -0.3 is 20.6 Å². The summed E-state index contributed by atoms with van der Waals surface area (Å²) in [4.78, 5) is 22.7. The molecular formula is C13H17NO5. The third-order valence-electron chi connectivity index (χ3n) is 2.75. The molecular weight excluding hydrogens is 250 g/mol. The lowest BCUT2D eigenvalue weighted by Crippen LogP contribution is -2.32. The van der Waals surface area contributed by atoms with Crippen LogP contribution in [-0.2, 0) is 4.79 Å². The van der Waals surface area contributed by atoms with E-state index in [4.69, 9.17) is 5.11 Å². The van der Waals surface area contributed by atoms with E-state index < -0.39 is 29.3 Å². The van der Waals surface area contributed by atoms with Gasteiger partial charge >= 0.3 is 5.97 Å². The number of carboxylic acids is 1. The fraction of sp³-hybridized carbons (Fsp3) is 0.385. The Morgan fingerprint density at radius 2 is 2.00 bits per heavy atom. The van der Waals surface area contributed by atoms with Crippen LogP contribution >= 0.6 is 0 Å². The van der Waals surface area contributed by atoms with Crippen LogP contribution in [0.2, 0.25) is 0 Å². The van der Waals surface area contributed by atoms with E-state index in [0.29, 0.717) is 12.8 Å². The summed E-state index contributed by atoms with van der Waals surface area (Å²) >= 11 is 0. The Kier molecular flexibility index (Phi) is 5.17. The van der Waals surface area contributed by atoms with Gasteiger partial charge in [-0.3, -0.25) is 9.59 Å². The molecule has 1 rings (SSSR count). The highest BCUT2D eigenvalue weighted by Crippen LogP contribution is 2.27. The van der Waals surface area contributed by atoms with Crippen molar-refractivity contribution in [3.05, 3.63) is 23.8 Å². The van der Waals surface area contributed by atoms with Crippen LogP contribution < -0.4 is 5.32 Å². The second-order valence-corrected chi connectivity index (χ2v) is 4.21. The molecule has 1 amide bonds. The molecule has 6 heteroatoms. The highest BCUT2D eigenvalue weighted by atomic mass is 16.4. The Balaban J connectivity index is 2.69. The van der Waals surface area contributed by atoms with Gasteiger partial charge in [-0.25, -0.2) is 0 Å². The molecule has 0 aliphatic heterocycles. The van der Waals surface area contributed by atoms with Crippen LogP contribution in [-0.4, -0.2) is 33.7 Å². The van der Waals surface area contributed by atoms with Crippen LogP contribution in [0, 0.1) is 5.92 Å². The molecule has 0 saturated carbocycles. The van der Waals surface area contributed by atoms with Gasteiger partial charge in [0.15, 0.2) is 11.5 Å². The Morgan fingerprint density at radius 1 is 1.32 bits per heavy atom. The summed E-state index contributed by atoms with van der Waals surface area (Å²) in [6.45, 7) is 1.84. The first-order chi connectivity index (χ1) is 8.97. The predicted molar refractivity (Wildman–Crippen MR) is 68.1 cm³/mol. The van der Waals surface area contributed by atoms with Crippen molar-refractivity contribution in [3.63, 3.8) is 0 Å². The van der Waals surface area contributed by atoms with E-state index in [9.17, 15) is 19.8 Å². The van der Waals surface area contributed by atoms with Crippen LogP contribution in [0.4, 0.5) is 0 Å². The summed E-state index contributed by atoms with van der Waals surface area (Å²) in [6.07, 6.45) is 1.16. The molecule has 0 heterocycles. The van der Waals surface area contributed by atoms with Crippen molar-refractivity contribution >= 4 is 11.9 Å². The van der Waals surface area contributed by atoms with Gasteiger partial charge in [-0.1, -0.05) is 19.4 Å².